The number of nitrogens with zero attached hydrogens (tertiary/aromatic N) is 3. The van der Waals surface area contributed by atoms with Crippen molar-refractivity contribution in [3.8, 4) is 5.75 Å². The number of ether oxygens (including phenoxy) is 1. The lowest BCUT2D eigenvalue weighted by atomic mass is 10.2. The van der Waals surface area contributed by atoms with Crippen molar-refractivity contribution in [2.75, 3.05) is 31.5 Å². The average molecular weight is 420 g/mol. The van der Waals surface area contributed by atoms with Crippen LogP contribution in [-0.4, -0.2) is 47.0 Å². The Morgan fingerprint density at radius 2 is 1.74 bits per heavy atom. The van der Waals surface area contributed by atoms with Gasteiger partial charge < -0.3 is 15.0 Å². The van der Waals surface area contributed by atoms with E-state index in [0.29, 0.717) is 24.5 Å². The third-order valence-electron chi connectivity index (χ3n) is 5.19. The number of pyridine rings is 1. The van der Waals surface area contributed by atoms with Gasteiger partial charge in [-0.3, -0.25) is 9.88 Å². The monoisotopic (exact) mass is 420 g/mol. The van der Waals surface area contributed by atoms with Crippen LogP contribution in [0.25, 0.3) is 0 Å². The Morgan fingerprint density at radius 1 is 0.968 bits per heavy atom. The molecule has 1 N–H and O–H groups in total. The molecule has 2 aromatic carbocycles. The molecule has 0 unspecified atom stereocenters. The molecule has 3 aromatic rings. The molecule has 2 heterocycles. The van der Waals surface area contributed by atoms with Gasteiger partial charge in [0.15, 0.2) is 0 Å². The van der Waals surface area contributed by atoms with Gasteiger partial charge >= 0.3 is 6.03 Å². The highest BCUT2D eigenvalue weighted by atomic mass is 19.1. The molecule has 4 rings (SSSR count). The zero-order valence-electron chi connectivity index (χ0n) is 17.2. The van der Waals surface area contributed by atoms with E-state index in [1.807, 2.05) is 41.3 Å². The minimum atomic E-state index is -0.289. The summed E-state index contributed by atoms with van der Waals surface area (Å²) in [5, 5.41) is 2.94. The van der Waals surface area contributed by atoms with Crippen molar-refractivity contribution in [3.05, 3.63) is 90.0 Å². The Hall–Kier alpha value is -3.45. The summed E-state index contributed by atoms with van der Waals surface area (Å²) in [5.41, 5.74) is 2.64. The zero-order chi connectivity index (χ0) is 21.5. The number of amides is 2. The van der Waals surface area contributed by atoms with Crippen molar-refractivity contribution in [3.63, 3.8) is 0 Å². The first-order valence-corrected chi connectivity index (χ1v) is 10.3. The van der Waals surface area contributed by atoms with Crippen LogP contribution in [0.4, 0.5) is 14.9 Å². The summed E-state index contributed by atoms with van der Waals surface area (Å²) >= 11 is 0. The lowest BCUT2D eigenvalue weighted by Crippen LogP contribution is -2.49. The predicted octanol–water partition coefficient (Wildman–Crippen LogP) is 4.15. The number of hydrogen-bond acceptors (Lipinski definition) is 4. The molecule has 1 aromatic heterocycles. The van der Waals surface area contributed by atoms with Gasteiger partial charge in [0.2, 0.25) is 0 Å². The van der Waals surface area contributed by atoms with Gasteiger partial charge in [0.25, 0.3) is 0 Å². The molecule has 7 heteroatoms. The molecule has 160 valence electrons. The van der Waals surface area contributed by atoms with Gasteiger partial charge in [0.1, 0.15) is 18.2 Å². The molecule has 1 aliphatic heterocycles. The number of urea groups is 1. The average Bonchev–Trinajstić information content (AvgIpc) is 2.79. The maximum absolute atomic E-state index is 13.3. The largest absolute Gasteiger partial charge is 0.489 e. The topological polar surface area (TPSA) is 57.7 Å². The van der Waals surface area contributed by atoms with Gasteiger partial charge in [0, 0.05) is 56.9 Å². The van der Waals surface area contributed by atoms with Crippen LogP contribution >= 0.6 is 0 Å². The lowest BCUT2D eigenvalue weighted by molar-refractivity contribution is 0.143. The molecule has 1 fully saturated rings. The molecule has 0 aliphatic carbocycles. The Kier molecular flexibility index (Phi) is 6.74. The van der Waals surface area contributed by atoms with Crippen LogP contribution in [0.3, 0.4) is 0 Å². The number of carbonyl (C=O) groups excluding carboxylic acids is 1. The maximum Gasteiger partial charge on any atom is 0.321 e. The number of aromatic nitrogens is 1. The maximum atomic E-state index is 13.3. The van der Waals surface area contributed by atoms with Crippen molar-refractivity contribution in [2.45, 2.75) is 13.2 Å². The number of carbonyl (C=O) groups is 1. The van der Waals surface area contributed by atoms with Gasteiger partial charge in [-0.1, -0.05) is 18.2 Å². The molecular weight excluding hydrogens is 395 g/mol. The van der Waals surface area contributed by atoms with Gasteiger partial charge in [-0.05, 0) is 47.5 Å². The quantitative estimate of drug-likeness (QED) is 0.651. The minimum absolute atomic E-state index is 0.120. The van der Waals surface area contributed by atoms with Crippen LogP contribution < -0.4 is 10.1 Å². The number of benzene rings is 2. The van der Waals surface area contributed by atoms with Gasteiger partial charge in [-0.25, -0.2) is 9.18 Å². The fourth-order valence-electron chi connectivity index (χ4n) is 3.52. The van der Waals surface area contributed by atoms with E-state index in [4.69, 9.17) is 4.74 Å². The van der Waals surface area contributed by atoms with Crippen molar-refractivity contribution >= 4 is 11.7 Å². The standard InChI is InChI=1S/C24H25FN4O2/c25-21-4-1-3-20(15-21)18-31-23-6-2-5-22(16-23)27-24(30)29-13-11-28(12-14-29)17-19-7-9-26-10-8-19/h1-10,15-16H,11-14,17-18H2,(H,27,30). The fourth-order valence-corrected chi connectivity index (χ4v) is 3.52. The van der Waals surface area contributed by atoms with Crippen molar-refractivity contribution in [2.24, 2.45) is 0 Å². The van der Waals surface area contributed by atoms with E-state index in [-0.39, 0.29) is 18.5 Å². The van der Waals surface area contributed by atoms with Gasteiger partial charge in [-0.2, -0.15) is 0 Å². The minimum Gasteiger partial charge on any atom is -0.489 e. The highest BCUT2D eigenvalue weighted by Gasteiger charge is 2.21. The van der Waals surface area contributed by atoms with Crippen LogP contribution in [0, 0.1) is 5.82 Å². The third-order valence-corrected chi connectivity index (χ3v) is 5.19. The first kappa shape index (κ1) is 20.8. The molecule has 0 radical (unpaired) electrons. The third kappa shape index (κ3) is 6.02. The number of nitrogens with one attached hydrogen (secondary N) is 1. The molecular formula is C24H25FN4O2. The normalized spacial score (nSPS) is 14.3. The first-order valence-electron chi connectivity index (χ1n) is 10.3. The molecule has 0 atom stereocenters. The smallest absolute Gasteiger partial charge is 0.321 e. The van der Waals surface area contributed by atoms with Crippen LogP contribution in [0.2, 0.25) is 0 Å². The molecule has 1 aliphatic rings. The van der Waals surface area contributed by atoms with Crippen LogP contribution in [0.1, 0.15) is 11.1 Å². The van der Waals surface area contributed by atoms with E-state index in [1.54, 1.807) is 24.5 Å². The zero-order valence-corrected chi connectivity index (χ0v) is 17.2. The van der Waals surface area contributed by atoms with E-state index < -0.39 is 0 Å². The van der Waals surface area contributed by atoms with Gasteiger partial charge in [-0.15, -0.1) is 0 Å². The summed E-state index contributed by atoms with van der Waals surface area (Å²) in [6.45, 7) is 4.12. The first-order chi connectivity index (χ1) is 15.2. The van der Waals surface area contributed by atoms with E-state index in [2.05, 4.69) is 15.2 Å². The van der Waals surface area contributed by atoms with E-state index >= 15 is 0 Å². The molecule has 0 bridgehead atoms. The Morgan fingerprint density at radius 3 is 2.52 bits per heavy atom. The van der Waals surface area contributed by atoms with E-state index in [9.17, 15) is 9.18 Å². The summed E-state index contributed by atoms with van der Waals surface area (Å²) in [4.78, 5) is 20.9. The highest BCUT2D eigenvalue weighted by Crippen LogP contribution is 2.20. The molecule has 31 heavy (non-hydrogen) atoms. The molecule has 2 amide bonds. The van der Waals surface area contributed by atoms with Crippen LogP contribution in [0.15, 0.2) is 73.1 Å². The van der Waals surface area contributed by atoms with Crippen molar-refractivity contribution < 1.29 is 13.9 Å². The summed E-state index contributed by atoms with van der Waals surface area (Å²) in [6.07, 6.45) is 3.60. The summed E-state index contributed by atoms with van der Waals surface area (Å²) in [5.74, 6) is 0.326. The van der Waals surface area contributed by atoms with E-state index in [1.165, 1.54) is 17.7 Å². The Bertz CT molecular complexity index is 1010. The van der Waals surface area contributed by atoms with Crippen LogP contribution in [0.5, 0.6) is 5.75 Å². The molecule has 6 nitrogen and oxygen atoms in total. The second kappa shape index (κ2) is 10.0. The van der Waals surface area contributed by atoms with Crippen LogP contribution in [-0.2, 0) is 13.2 Å². The molecule has 0 spiro atoms. The van der Waals surface area contributed by atoms with Crippen molar-refractivity contribution in [1.29, 1.82) is 0 Å². The SMILES string of the molecule is O=C(Nc1cccc(OCc2cccc(F)c2)c1)N1CCN(Cc2ccncc2)CC1. The van der Waals surface area contributed by atoms with Gasteiger partial charge in [0.05, 0.1) is 0 Å². The molecule has 1 saturated heterocycles. The van der Waals surface area contributed by atoms with Crippen molar-refractivity contribution in [1.82, 2.24) is 14.8 Å². The second-order valence-electron chi connectivity index (χ2n) is 7.50. The number of hydrogen-bond donors (Lipinski definition) is 1. The molecule has 0 saturated carbocycles. The highest BCUT2D eigenvalue weighted by molar-refractivity contribution is 5.89. The number of halogens is 1. The Labute approximate surface area is 181 Å². The lowest BCUT2D eigenvalue weighted by Gasteiger charge is -2.34. The number of anilines is 1. The summed E-state index contributed by atoms with van der Waals surface area (Å²) in [6, 6.07) is 17.5. The number of rotatable bonds is 6. The second-order valence-corrected chi connectivity index (χ2v) is 7.50. The summed E-state index contributed by atoms with van der Waals surface area (Å²) < 4.78 is 19.0. The van der Waals surface area contributed by atoms with E-state index in [0.717, 1.165) is 25.2 Å². The predicted molar refractivity (Wildman–Crippen MR) is 117 cm³/mol. The fraction of sp³-hybridized carbons (Fsp3) is 0.250. The Balaban J connectivity index is 1.26. The summed E-state index contributed by atoms with van der Waals surface area (Å²) in [7, 11) is 0. The number of piperazine rings is 1.